The summed E-state index contributed by atoms with van der Waals surface area (Å²) in [7, 11) is 1.62. The predicted octanol–water partition coefficient (Wildman–Crippen LogP) is 3.36. The molecule has 1 amide bonds. The van der Waals surface area contributed by atoms with Gasteiger partial charge in [-0.15, -0.1) is 0 Å². The van der Waals surface area contributed by atoms with Crippen LogP contribution in [-0.2, 0) is 11.3 Å². The molecule has 1 aliphatic heterocycles. The van der Waals surface area contributed by atoms with Crippen LogP contribution in [0.1, 0.15) is 30.9 Å². The summed E-state index contributed by atoms with van der Waals surface area (Å²) < 4.78 is 5.15. The van der Waals surface area contributed by atoms with Gasteiger partial charge in [-0.2, -0.15) is 5.10 Å². The Balaban J connectivity index is 1.46. The molecule has 1 saturated heterocycles. The van der Waals surface area contributed by atoms with E-state index in [-0.39, 0.29) is 17.5 Å². The molecule has 0 radical (unpaired) electrons. The molecule has 2 aromatic rings. The van der Waals surface area contributed by atoms with E-state index in [1.54, 1.807) is 19.2 Å². The molecule has 8 nitrogen and oxygen atoms in total. The molecule has 0 aliphatic carbocycles. The number of nitro groups is 1. The van der Waals surface area contributed by atoms with Crippen LogP contribution in [0.5, 0.6) is 5.75 Å². The number of methoxy groups -OCH3 is 1. The maximum absolute atomic E-state index is 12.5. The first kappa shape index (κ1) is 21.4. The van der Waals surface area contributed by atoms with E-state index in [1.165, 1.54) is 12.1 Å². The van der Waals surface area contributed by atoms with Crippen molar-refractivity contribution in [3.8, 4) is 5.75 Å². The van der Waals surface area contributed by atoms with Crippen LogP contribution in [0.4, 0.5) is 5.69 Å². The number of nitrogens with one attached hydrogen (secondary N) is 1. The van der Waals surface area contributed by atoms with Crippen molar-refractivity contribution < 1.29 is 14.5 Å². The van der Waals surface area contributed by atoms with E-state index < -0.39 is 4.92 Å². The lowest BCUT2D eigenvalue weighted by molar-refractivity contribution is -0.384. The molecule has 1 fully saturated rings. The lowest BCUT2D eigenvalue weighted by atomic mass is 9.96. The van der Waals surface area contributed by atoms with E-state index in [2.05, 4.69) is 15.4 Å². The first-order valence-corrected chi connectivity index (χ1v) is 9.90. The molecule has 2 aromatic carbocycles. The number of nitro benzene ring substituents is 1. The summed E-state index contributed by atoms with van der Waals surface area (Å²) in [5, 5.41) is 15.0. The standard InChI is InChI=1S/C22H26N4O4/c1-16(18-5-9-21(30-2)10-6-18)23-24-22(27)19-11-13-25(14-12-19)15-17-3-7-20(8-4-17)26(28)29/h3-10,19H,11-15H2,1-2H3,(H,24,27)/b23-16+. The van der Waals surface area contributed by atoms with Gasteiger partial charge in [0.15, 0.2) is 0 Å². The Morgan fingerprint density at radius 3 is 2.37 bits per heavy atom. The van der Waals surface area contributed by atoms with Crippen LogP contribution in [0, 0.1) is 16.0 Å². The zero-order chi connectivity index (χ0) is 21.5. The molecule has 1 heterocycles. The number of nitrogens with zero attached hydrogens (tertiary/aromatic N) is 3. The van der Waals surface area contributed by atoms with Crippen molar-refractivity contribution in [2.24, 2.45) is 11.0 Å². The molecule has 0 saturated carbocycles. The van der Waals surface area contributed by atoms with Crippen LogP contribution in [0.3, 0.4) is 0 Å². The molecule has 158 valence electrons. The van der Waals surface area contributed by atoms with Crippen molar-refractivity contribution in [1.29, 1.82) is 0 Å². The summed E-state index contributed by atoms with van der Waals surface area (Å²) in [6.07, 6.45) is 1.52. The first-order valence-electron chi connectivity index (χ1n) is 9.90. The number of hydrazone groups is 1. The van der Waals surface area contributed by atoms with Crippen LogP contribution < -0.4 is 10.2 Å². The quantitative estimate of drug-likeness (QED) is 0.429. The summed E-state index contributed by atoms with van der Waals surface area (Å²) in [5.74, 6) is 0.652. The van der Waals surface area contributed by atoms with Gasteiger partial charge in [-0.3, -0.25) is 19.8 Å². The number of non-ortho nitro benzene ring substituents is 1. The van der Waals surface area contributed by atoms with Crippen LogP contribution >= 0.6 is 0 Å². The molecule has 3 rings (SSSR count). The van der Waals surface area contributed by atoms with Gasteiger partial charge in [-0.1, -0.05) is 12.1 Å². The Morgan fingerprint density at radius 1 is 1.17 bits per heavy atom. The lowest BCUT2D eigenvalue weighted by Crippen LogP contribution is -2.39. The molecule has 0 spiro atoms. The molecular weight excluding hydrogens is 384 g/mol. The minimum atomic E-state index is -0.396. The van der Waals surface area contributed by atoms with Crippen molar-refractivity contribution in [3.63, 3.8) is 0 Å². The number of likely N-dealkylation sites (tertiary alicyclic amines) is 1. The first-order chi connectivity index (χ1) is 14.5. The smallest absolute Gasteiger partial charge is 0.269 e. The van der Waals surface area contributed by atoms with E-state index >= 15 is 0 Å². The molecule has 0 atom stereocenters. The Bertz CT molecular complexity index is 902. The summed E-state index contributed by atoms with van der Waals surface area (Å²) >= 11 is 0. The third-order valence-electron chi connectivity index (χ3n) is 5.35. The number of rotatable bonds is 7. The number of carbonyl (C=O) groups is 1. The third-order valence-corrected chi connectivity index (χ3v) is 5.35. The molecule has 1 N–H and O–H groups in total. The van der Waals surface area contributed by atoms with Gasteiger partial charge in [-0.25, -0.2) is 5.43 Å². The Kier molecular flexibility index (Phi) is 7.13. The van der Waals surface area contributed by atoms with Gasteiger partial charge >= 0.3 is 0 Å². The second-order valence-corrected chi connectivity index (χ2v) is 7.38. The minimum absolute atomic E-state index is 0.0575. The van der Waals surface area contributed by atoms with E-state index in [1.807, 2.05) is 31.2 Å². The second-order valence-electron chi connectivity index (χ2n) is 7.38. The number of hydrogen-bond donors (Lipinski definition) is 1. The van der Waals surface area contributed by atoms with Gasteiger partial charge in [0, 0.05) is 24.6 Å². The van der Waals surface area contributed by atoms with E-state index in [9.17, 15) is 14.9 Å². The average molecular weight is 410 g/mol. The summed E-state index contributed by atoms with van der Waals surface area (Å²) in [6, 6.07) is 14.1. The highest BCUT2D eigenvalue weighted by molar-refractivity contribution is 5.99. The molecule has 0 bridgehead atoms. The van der Waals surface area contributed by atoms with Crippen LogP contribution in [-0.4, -0.2) is 41.6 Å². The SMILES string of the molecule is COc1ccc(/C(C)=N/NC(=O)C2CCN(Cc3ccc([N+](=O)[O-])cc3)CC2)cc1. The highest BCUT2D eigenvalue weighted by Gasteiger charge is 2.25. The summed E-state index contributed by atoms with van der Waals surface area (Å²) in [4.78, 5) is 25.1. The van der Waals surface area contributed by atoms with Gasteiger partial charge in [0.25, 0.3) is 5.69 Å². The van der Waals surface area contributed by atoms with Gasteiger partial charge in [0.05, 0.1) is 17.7 Å². The number of ether oxygens (including phenoxy) is 1. The maximum atomic E-state index is 12.5. The number of amides is 1. The van der Waals surface area contributed by atoms with E-state index in [0.29, 0.717) is 0 Å². The number of benzene rings is 2. The van der Waals surface area contributed by atoms with Crippen molar-refractivity contribution in [3.05, 3.63) is 69.8 Å². The summed E-state index contributed by atoms with van der Waals surface area (Å²) in [5.41, 5.74) is 5.49. The number of hydrogen-bond acceptors (Lipinski definition) is 6. The van der Waals surface area contributed by atoms with Gasteiger partial charge in [0.1, 0.15) is 5.75 Å². The Morgan fingerprint density at radius 2 is 1.80 bits per heavy atom. The molecular formula is C22H26N4O4. The van der Waals surface area contributed by atoms with E-state index in [0.717, 1.165) is 55.1 Å². The Labute approximate surface area is 175 Å². The third kappa shape index (κ3) is 5.64. The van der Waals surface area contributed by atoms with Crippen molar-refractivity contribution in [2.75, 3.05) is 20.2 Å². The lowest BCUT2D eigenvalue weighted by Gasteiger charge is -2.30. The minimum Gasteiger partial charge on any atom is -0.497 e. The predicted molar refractivity (Wildman–Crippen MR) is 114 cm³/mol. The second kappa shape index (κ2) is 9.98. The number of piperidine rings is 1. The van der Waals surface area contributed by atoms with Crippen LogP contribution in [0.15, 0.2) is 53.6 Å². The van der Waals surface area contributed by atoms with E-state index in [4.69, 9.17) is 4.74 Å². The molecule has 1 aliphatic rings. The largest absolute Gasteiger partial charge is 0.497 e. The molecule has 30 heavy (non-hydrogen) atoms. The van der Waals surface area contributed by atoms with Crippen LogP contribution in [0.25, 0.3) is 0 Å². The van der Waals surface area contributed by atoms with Gasteiger partial charge < -0.3 is 4.74 Å². The van der Waals surface area contributed by atoms with Crippen molar-refractivity contribution in [2.45, 2.75) is 26.3 Å². The molecule has 0 unspecified atom stereocenters. The average Bonchev–Trinajstić information content (AvgIpc) is 2.78. The maximum Gasteiger partial charge on any atom is 0.269 e. The topological polar surface area (TPSA) is 97.1 Å². The highest BCUT2D eigenvalue weighted by atomic mass is 16.6. The van der Waals surface area contributed by atoms with Crippen molar-refractivity contribution >= 4 is 17.3 Å². The zero-order valence-electron chi connectivity index (χ0n) is 17.2. The monoisotopic (exact) mass is 410 g/mol. The molecule has 0 aromatic heterocycles. The fraction of sp³-hybridized carbons (Fsp3) is 0.364. The van der Waals surface area contributed by atoms with Gasteiger partial charge in [0.2, 0.25) is 5.91 Å². The van der Waals surface area contributed by atoms with Crippen molar-refractivity contribution in [1.82, 2.24) is 10.3 Å². The fourth-order valence-corrected chi connectivity index (χ4v) is 3.46. The number of carbonyl (C=O) groups excluding carboxylic acids is 1. The fourth-order valence-electron chi connectivity index (χ4n) is 3.46. The normalized spacial score (nSPS) is 15.6. The van der Waals surface area contributed by atoms with Gasteiger partial charge in [-0.05, 0) is 68.2 Å². The highest BCUT2D eigenvalue weighted by Crippen LogP contribution is 2.20. The van der Waals surface area contributed by atoms with Crippen LogP contribution in [0.2, 0.25) is 0 Å². The molecule has 8 heteroatoms. The zero-order valence-corrected chi connectivity index (χ0v) is 17.2. The summed E-state index contributed by atoms with van der Waals surface area (Å²) in [6.45, 7) is 4.18. The Hall–Kier alpha value is -3.26.